The summed E-state index contributed by atoms with van der Waals surface area (Å²) in [5, 5.41) is 0. The molecule has 0 radical (unpaired) electrons. The fourth-order valence-corrected chi connectivity index (χ4v) is 2.07. The minimum atomic E-state index is -8.91. The second kappa shape index (κ2) is 8.57. The number of hydrogen-bond acceptors (Lipinski definition) is 0. The van der Waals surface area contributed by atoms with Crippen molar-refractivity contribution in [1.82, 2.24) is 0 Å². The van der Waals surface area contributed by atoms with Crippen molar-refractivity contribution in [3.05, 3.63) is 12.7 Å². The van der Waals surface area contributed by atoms with Crippen molar-refractivity contribution in [3.63, 3.8) is 0 Å². The van der Waals surface area contributed by atoms with Crippen molar-refractivity contribution >= 4 is 0 Å². The number of alkyl halides is 23. The Bertz CT molecular complexity index is 842. The highest BCUT2D eigenvalue weighted by atomic mass is 19.4. The summed E-state index contributed by atoms with van der Waals surface area (Å²) in [6.45, 7) is 1.69. The predicted molar refractivity (Wildman–Crippen MR) is 70.3 cm³/mol. The second-order valence-electron chi connectivity index (χ2n) is 6.93. The third kappa shape index (κ3) is 4.54. The monoisotopic (exact) mass is 610 g/mol. The third-order valence-corrected chi connectivity index (χ3v) is 4.37. The maximum atomic E-state index is 13.5. The van der Waals surface area contributed by atoms with Crippen LogP contribution in [0.2, 0.25) is 0 Å². The molecule has 0 nitrogen and oxygen atoms in total. The standard InChI is InChI=1S/C14H5F23/c1-2-4(15,16)7(21,22)10(27,28)12(31,32)11(29,30)8(23,24)5(17,18)3-6(19,20)9(25,26)13(33,34)14(35,36)37/h2H,1,3H2. The van der Waals surface area contributed by atoms with Crippen LogP contribution < -0.4 is 0 Å². The third-order valence-electron chi connectivity index (χ3n) is 4.37. The Balaban J connectivity index is 6.85. The van der Waals surface area contributed by atoms with Crippen molar-refractivity contribution in [2.45, 2.75) is 71.8 Å². The number of allylic oxidation sites excluding steroid dienone is 1. The van der Waals surface area contributed by atoms with Gasteiger partial charge in [0.1, 0.15) is 0 Å². The molecule has 37 heavy (non-hydrogen) atoms. The Hall–Kier alpha value is -1.87. The van der Waals surface area contributed by atoms with Gasteiger partial charge in [-0.1, -0.05) is 6.58 Å². The van der Waals surface area contributed by atoms with Crippen molar-refractivity contribution in [3.8, 4) is 0 Å². The van der Waals surface area contributed by atoms with Gasteiger partial charge in [-0.3, -0.25) is 0 Å². The van der Waals surface area contributed by atoms with Crippen molar-refractivity contribution in [2.75, 3.05) is 0 Å². The van der Waals surface area contributed by atoms with Gasteiger partial charge in [0.25, 0.3) is 0 Å². The maximum absolute atomic E-state index is 13.5. The molecule has 0 rings (SSSR count). The van der Waals surface area contributed by atoms with Gasteiger partial charge >= 0.3 is 65.4 Å². The van der Waals surface area contributed by atoms with Crippen molar-refractivity contribution in [2.24, 2.45) is 0 Å². The van der Waals surface area contributed by atoms with Crippen molar-refractivity contribution in [1.29, 1.82) is 0 Å². The van der Waals surface area contributed by atoms with Crippen LogP contribution in [0.1, 0.15) is 6.42 Å². The van der Waals surface area contributed by atoms with Gasteiger partial charge in [-0.2, -0.15) is 101 Å². The van der Waals surface area contributed by atoms with Gasteiger partial charge in [-0.15, -0.1) is 0 Å². The van der Waals surface area contributed by atoms with E-state index >= 15 is 0 Å². The summed E-state index contributed by atoms with van der Waals surface area (Å²) >= 11 is 0. The van der Waals surface area contributed by atoms with Crippen LogP contribution in [0.5, 0.6) is 0 Å². The van der Waals surface area contributed by atoms with E-state index in [0.29, 0.717) is 0 Å². The molecule has 222 valence electrons. The molecule has 0 heterocycles. The number of hydrogen-bond donors (Lipinski definition) is 0. The average Bonchev–Trinajstić information content (AvgIpc) is 2.64. The molecule has 0 bridgehead atoms. The SMILES string of the molecule is C=CC(F)(F)C(F)(F)C(F)(F)C(F)(F)C(F)(F)C(F)(F)C(F)(F)CC(F)(F)C(F)(F)C(F)(F)C(F)(F)F. The molecule has 0 aromatic carbocycles. The molecule has 0 aromatic rings. The summed E-state index contributed by atoms with van der Waals surface area (Å²) in [5.41, 5.74) is 0. The van der Waals surface area contributed by atoms with Crippen LogP contribution in [0.3, 0.4) is 0 Å². The van der Waals surface area contributed by atoms with E-state index in [4.69, 9.17) is 0 Å². The Labute approximate surface area is 187 Å². The van der Waals surface area contributed by atoms with E-state index in [1.54, 1.807) is 6.58 Å². The maximum Gasteiger partial charge on any atom is 0.460 e. The first-order chi connectivity index (χ1) is 15.5. The molecular formula is C14H5F23. The first kappa shape index (κ1) is 35.1. The molecule has 0 N–H and O–H groups in total. The highest BCUT2D eigenvalue weighted by Crippen LogP contribution is 2.64. The molecule has 0 unspecified atom stereocenters. The van der Waals surface area contributed by atoms with E-state index in [1.165, 1.54) is 0 Å². The van der Waals surface area contributed by atoms with Crippen LogP contribution in [-0.4, -0.2) is 65.4 Å². The van der Waals surface area contributed by atoms with Gasteiger partial charge in [0.05, 0.1) is 6.42 Å². The molecule has 0 aromatic heterocycles. The Kier molecular flexibility index (Phi) is 8.13. The van der Waals surface area contributed by atoms with E-state index in [0.717, 1.165) is 0 Å². The zero-order valence-electron chi connectivity index (χ0n) is 16.2. The van der Waals surface area contributed by atoms with Crippen molar-refractivity contribution < 1.29 is 101 Å². The topological polar surface area (TPSA) is 0 Å². The lowest BCUT2D eigenvalue weighted by Crippen LogP contribution is -2.73. The predicted octanol–water partition coefficient (Wildman–Crippen LogP) is 8.48. The molecule has 0 spiro atoms. The van der Waals surface area contributed by atoms with Crippen LogP contribution >= 0.6 is 0 Å². The van der Waals surface area contributed by atoms with Gasteiger partial charge in [0, 0.05) is 0 Å². The summed E-state index contributed by atoms with van der Waals surface area (Å²) in [7, 11) is 0. The van der Waals surface area contributed by atoms with E-state index < -0.39 is 77.9 Å². The Morgan fingerprint density at radius 3 is 0.865 bits per heavy atom. The fourth-order valence-electron chi connectivity index (χ4n) is 2.07. The second-order valence-corrected chi connectivity index (χ2v) is 6.93. The van der Waals surface area contributed by atoms with E-state index in [9.17, 15) is 101 Å². The van der Waals surface area contributed by atoms with Crippen LogP contribution in [0.15, 0.2) is 12.7 Å². The van der Waals surface area contributed by atoms with Gasteiger partial charge < -0.3 is 0 Å². The van der Waals surface area contributed by atoms with Crippen LogP contribution in [0, 0.1) is 0 Å². The van der Waals surface area contributed by atoms with Crippen LogP contribution in [0.25, 0.3) is 0 Å². The molecule has 0 atom stereocenters. The zero-order valence-corrected chi connectivity index (χ0v) is 16.2. The summed E-state index contributed by atoms with van der Waals surface area (Å²) in [5.74, 6) is -82.1. The molecule has 23 heteroatoms. The number of rotatable bonds is 11. The zero-order chi connectivity index (χ0) is 30.9. The Morgan fingerprint density at radius 2 is 0.595 bits per heavy atom. The summed E-state index contributed by atoms with van der Waals surface area (Å²) in [6.07, 6.45) is -14.8. The van der Waals surface area contributed by atoms with Gasteiger partial charge in [-0.25, -0.2) is 0 Å². The quantitative estimate of drug-likeness (QED) is 0.163. The molecule has 0 saturated heterocycles. The molecule has 0 fully saturated rings. The number of halogens is 23. The van der Waals surface area contributed by atoms with Gasteiger partial charge in [0.15, 0.2) is 0 Å². The highest BCUT2D eigenvalue weighted by Gasteiger charge is 2.93. The first-order valence-corrected chi connectivity index (χ1v) is 8.00. The fraction of sp³-hybridized carbons (Fsp3) is 0.857. The largest absolute Gasteiger partial charge is 0.460 e. The molecular weight excluding hydrogens is 605 g/mol. The van der Waals surface area contributed by atoms with Gasteiger partial charge in [0.2, 0.25) is 0 Å². The lowest BCUT2D eigenvalue weighted by molar-refractivity contribution is -0.445. The van der Waals surface area contributed by atoms with E-state index in [-0.39, 0.29) is 0 Å². The summed E-state index contributed by atoms with van der Waals surface area (Å²) in [4.78, 5) is 0. The minimum Gasteiger partial charge on any atom is -0.199 e. The minimum absolute atomic E-state index is 1.65. The first-order valence-electron chi connectivity index (χ1n) is 8.00. The Morgan fingerprint density at radius 1 is 0.351 bits per heavy atom. The lowest BCUT2D eigenvalue weighted by Gasteiger charge is -2.43. The molecule has 0 amide bonds. The molecule has 0 aliphatic heterocycles. The highest BCUT2D eigenvalue weighted by molar-refractivity contribution is 5.17. The molecule has 0 saturated carbocycles. The van der Waals surface area contributed by atoms with E-state index in [2.05, 4.69) is 0 Å². The average molecular weight is 610 g/mol. The molecule has 0 aliphatic rings. The summed E-state index contributed by atoms with van der Waals surface area (Å²) in [6, 6.07) is 0. The molecule has 0 aliphatic carbocycles. The van der Waals surface area contributed by atoms with Crippen LogP contribution in [0.4, 0.5) is 101 Å². The van der Waals surface area contributed by atoms with Crippen LogP contribution in [-0.2, 0) is 0 Å². The van der Waals surface area contributed by atoms with Gasteiger partial charge in [-0.05, 0) is 6.08 Å². The van der Waals surface area contributed by atoms with E-state index in [1.807, 2.05) is 0 Å². The smallest absolute Gasteiger partial charge is 0.199 e. The lowest BCUT2D eigenvalue weighted by atomic mass is 9.86. The summed E-state index contributed by atoms with van der Waals surface area (Å²) < 4.78 is 299. The normalized spacial score (nSPS) is 16.7.